The number of hydrogen-bond donors (Lipinski definition) is 2. The highest BCUT2D eigenvalue weighted by Crippen LogP contribution is 2.26. The predicted molar refractivity (Wildman–Crippen MR) is 158 cm³/mol. The second kappa shape index (κ2) is 15.5. The van der Waals surface area contributed by atoms with Crippen molar-refractivity contribution in [2.45, 2.75) is 124 Å². The monoisotopic (exact) mass is 541 g/mol. The molecule has 7 nitrogen and oxygen atoms in total. The number of amides is 3. The standard InChI is InChI=1S/C32H51N3O4/c1-11-13-14-15-16-21-35(29(37)26(22-23(3)4)33-30(38)39-32(8,9)10)27(28(36)34-31(5,6)7)25-19-17-24(12-2)18-20-25/h2,17-20,23,26-27H,11,13-16,21-22H2,1,3-10H3,(H,33,38)(H,34,36). The fourth-order valence-electron chi connectivity index (χ4n) is 4.27. The number of hydrogen-bond acceptors (Lipinski definition) is 4. The summed E-state index contributed by atoms with van der Waals surface area (Å²) >= 11 is 0. The molecule has 0 aliphatic carbocycles. The van der Waals surface area contributed by atoms with E-state index in [1.807, 2.05) is 34.6 Å². The Labute approximate surface area is 236 Å². The first kappa shape index (κ1) is 34.0. The van der Waals surface area contributed by atoms with Crippen LogP contribution in [0.1, 0.15) is 118 Å². The number of ether oxygens (including phenoxy) is 1. The van der Waals surface area contributed by atoms with E-state index in [0.29, 0.717) is 24.1 Å². The Bertz CT molecular complexity index is 965. The average molecular weight is 542 g/mol. The number of carbonyl (C=O) groups excluding carboxylic acids is 3. The minimum Gasteiger partial charge on any atom is -0.444 e. The fourth-order valence-corrected chi connectivity index (χ4v) is 4.27. The number of nitrogens with one attached hydrogen (secondary N) is 2. The maximum Gasteiger partial charge on any atom is 0.408 e. The quantitative estimate of drug-likeness (QED) is 0.225. The summed E-state index contributed by atoms with van der Waals surface area (Å²) in [6.45, 7) is 17.6. The maximum absolute atomic E-state index is 14.3. The van der Waals surface area contributed by atoms with E-state index in [4.69, 9.17) is 11.2 Å². The van der Waals surface area contributed by atoms with Gasteiger partial charge < -0.3 is 20.3 Å². The Balaban J connectivity index is 3.53. The van der Waals surface area contributed by atoms with Crippen LogP contribution in [0.2, 0.25) is 0 Å². The smallest absolute Gasteiger partial charge is 0.408 e. The molecule has 3 amide bonds. The molecule has 0 saturated carbocycles. The number of terminal acetylenes is 1. The first-order valence-electron chi connectivity index (χ1n) is 14.3. The normalized spacial score (nSPS) is 13.3. The van der Waals surface area contributed by atoms with E-state index >= 15 is 0 Å². The summed E-state index contributed by atoms with van der Waals surface area (Å²) in [5.74, 6) is 2.14. The van der Waals surface area contributed by atoms with E-state index < -0.39 is 29.3 Å². The first-order chi connectivity index (χ1) is 18.1. The molecule has 0 aliphatic rings. The lowest BCUT2D eigenvalue weighted by Crippen LogP contribution is -2.55. The van der Waals surface area contributed by atoms with E-state index in [2.05, 4.69) is 23.5 Å². The third kappa shape index (κ3) is 13.1. The molecule has 7 heteroatoms. The molecule has 1 rings (SSSR count). The zero-order valence-corrected chi connectivity index (χ0v) is 25.6. The van der Waals surface area contributed by atoms with Gasteiger partial charge in [0.2, 0.25) is 11.8 Å². The van der Waals surface area contributed by atoms with Crippen LogP contribution in [-0.2, 0) is 14.3 Å². The van der Waals surface area contributed by atoms with Crippen molar-refractivity contribution in [1.29, 1.82) is 0 Å². The highest BCUT2D eigenvalue weighted by atomic mass is 16.6. The highest BCUT2D eigenvalue weighted by Gasteiger charge is 2.37. The Morgan fingerprint density at radius 2 is 1.56 bits per heavy atom. The minimum atomic E-state index is -0.884. The lowest BCUT2D eigenvalue weighted by Gasteiger charge is -2.36. The third-order valence-electron chi connectivity index (χ3n) is 5.93. The van der Waals surface area contributed by atoms with Crippen LogP contribution in [0.4, 0.5) is 4.79 Å². The third-order valence-corrected chi connectivity index (χ3v) is 5.93. The van der Waals surface area contributed by atoms with Gasteiger partial charge in [0.25, 0.3) is 0 Å². The van der Waals surface area contributed by atoms with Crippen molar-refractivity contribution >= 4 is 17.9 Å². The van der Waals surface area contributed by atoms with Crippen LogP contribution in [-0.4, -0.2) is 46.5 Å². The molecule has 39 heavy (non-hydrogen) atoms. The molecule has 0 spiro atoms. The zero-order chi connectivity index (χ0) is 29.8. The zero-order valence-electron chi connectivity index (χ0n) is 25.6. The van der Waals surface area contributed by atoms with Crippen LogP contribution in [0.5, 0.6) is 0 Å². The lowest BCUT2D eigenvalue weighted by molar-refractivity contribution is -0.143. The van der Waals surface area contributed by atoms with Crippen molar-refractivity contribution in [2.24, 2.45) is 5.92 Å². The molecule has 0 fully saturated rings. The molecule has 2 atom stereocenters. The highest BCUT2D eigenvalue weighted by molar-refractivity contribution is 5.92. The number of rotatable bonds is 13. The van der Waals surface area contributed by atoms with Crippen molar-refractivity contribution in [1.82, 2.24) is 15.5 Å². The summed E-state index contributed by atoms with van der Waals surface area (Å²) in [6.07, 6.45) is 10.3. The summed E-state index contributed by atoms with van der Waals surface area (Å²) in [6, 6.07) is 5.44. The van der Waals surface area contributed by atoms with Gasteiger partial charge in [-0.15, -0.1) is 6.42 Å². The van der Waals surface area contributed by atoms with Gasteiger partial charge in [-0.3, -0.25) is 9.59 Å². The topological polar surface area (TPSA) is 87.7 Å². The first-order valence-corrected chi connectivity index (χ1v) is 14.3. The second-order valence-electron chi connectivity index (χ2n) is 12.7. The molecule has 0 saturated heterocycles. The molecule has 0 aliphatic heterocycles. The van der Waals surface area contributed by atoms with Crippen LogP contribution in [0, 0.1) is 18.3 Å². The van der Waals surface area contributed by atoms with Gasteiger partial charge in [-0.05, 0) is 78.0 Å². The number of benzene rings is 1. The van der Waals surface area contributed by atoms with E-state index in [-0.39, 0.29) is 17.7 Å². The van der Waals surface area contributed by atoms with Crippen LogP contribution in [0.3, 0.4) is 0 Å². The number of alkyl carbamates (subject to hydrolysis) is 1. The Kier molecular flexibility index (Phi) is 13.6. The molecule has 2 N–H and O–H groups in total. The Morgan fingerprint density at radius 3 is 2.05 bits per heavy atom. The summed E-state index contributed by atoms with van der Waals surface area (Å²) in [5, 5.41) is 5.86. The Morgan fingerprint density at radius 1 is 0.974 bits per heavy atom. The van der Waals surface area contributed by atoms with E-state index in [0.717, 1.165) is 32.1 Å². The van der Waals surface area contributed by atoms with Gasteiger partial charge in [-0.1, -0.05) is 64.5 Å². The SMILES string of the molecule is C#Cc1ccc(C(C(=O)NC(C)(C)C)N(CCCCCCC)C(=O)C(CC(C)C)NC(=O)OC(C)(C)C)cc1. The van der Waals surface area contributed by atoms with Gasteiger partial charge in [0.1, 0.15) is 17.7 Å². The van der Waals surface area contributed by atoms with Gasteiger partial charge in [0, 0.05) is 17.6 Å². The molecule has 1 aromatic carbocycles. The molecule has 218 valence electrons. The number of unbranched alkanes of at least 4 members (excludes halogenated alkanes) is 4. The van der Waals surface area contributed by atoms with Crippen molar-refractivity contribution in [3.63, 3.8) is 0 Å². The van der Waals surface area contributed by atoms with Gasteiger partial charge in [-0.25, -0.2) is 4.79 Å². The van der Waals surface area contributed by atoms with Crippen LogP contribution in [0.25, 0.3) is 0 Å². The van der Waals surface area contributed by atoms with Gasteiger partial charge in [0.05, 0.1) is 0 Å². The van der Waals surface area contributed by atoms with Crippen molar-refractivity contribution in [3.05, 3.63) is 35.4 Å². The van der Waals surface area contributed by atoms with Crippen LogP contribution >= 0.6 is 0 Å². The molecular formula is C32H51N3O4. The average Bonchev–Trinajstić information content (AvgIpc) is 2.80. The lowest BCUT2D eigenvalue weighted by atomic mass is 9.97. The summed E-state index contributed by atoms with van der Waals surface area (Å²) < 4.78 is 5.47. The molecule has 1 aromatic rings. The predicted octanol–water partition coefficient (Wildman–Crippen LogP) is 6.36. The molecule has 0 heterocycles. The van der Waals surface area contributed by atoms with Gasteiger partial charge in [0.15, 0.2) is 0 Å². The Hall–Kier alpha value is -3.01. The van der Waals surface area contributed by atoms with Crippen molar-refractivity contribution in [2.75, 3.05) is 6.54 Å². The summed E-state index contributed by atoms with van der Waals surface area (Å²) in [5.41, 5.74) is 0.145. The molecule has 0 bridgehead atoms. The molecular weight excluding hydrogens is 490 g/mol. The van der Waals surface area contributed by atoms with Gasteiger partial charge in [-0.2, -0.15) is 0 Å². The largest absolute Gasteiger partial charge is 0.444 e. The second-order valence-corrected chi connectivity index (χ2v) is 12.7. The van der Waals surface area contributed by atoms with E-state index in [1.54, 1.807) is 49.9 Å². The molecule has 0 radical (unpaired) electrons. The number of carbonyl (C=O) groups is 3. The van der Waals surface area contributed by atoms with Crippen molar-refractivity contribution in [3.8, 4) is 12.3 Å². The van der Waals surface area contributed by atoms with Crippen molar-refractivity contribution < 1.29 is 19.1 Å². The number of nitrogens with zero attached hydrogens (tertiary/aromatic N) is 1. The van der Waals surface area contributed by atoms with E-state index in [9.17, 15) is 14.4 Å². The maximum atomic E-state index is 14.3. The van der Waals surface area contributed by atoms with Crippen LogP contribution < -0.4 is 10.6 Å². The molecule has 0 aromatic heterocycles. The van der Waals surface area contributed by atoms with Gasteiger partial charge >= 0.3 is 6.09 Å². The van der Waals surface area contributed by atoms with Crippen LogP contribution in [0.15, 0.2) is 24.3 Å². The molecule has 2 unspecified atom stereocenters. The fraction of sp³-hybridized carbons (Fsp3) is 0.656. The van der Waals surface area contributed by atoms with E-state index in [1.165, 1.54) is 0 Å². The minimum absolute atomic E-state index is 0.122. The summed E-state index contributed by atoms with van der Waals surface area (Å²) in [4.78, 5) is 42.4. The summed E-state index contributed by atoms with van der Waals surface area (Å²) in [7, 11) is 0.